The molecule has 0 saturated heterocycles. The van der Waals surface area contributed by atoms with Crippen molar-refractivity contribution in [2.45, 2.75) is 58.0 Å². The van der Waals surface area contributed by atoms with Crippen LogP contribution in [0.25, 0.3) is 11.3 Å². The highest BCUT2D eigenvalue weighted by atomic mass is 19.4. The first-order valence-electron chi connectivity index (χ1n) is 12.4. The summed E-state index contributed by atoms with van der Waals surface area (Å²) >= 11 is 0. The van der Waals surface area contributed by atoms with Crippen molar-refractivity contribution in [1.82, 2.24) is 9.97 Å². The Morgan fingerprint density at radius 3 is 2.62 bits per heavy atom. The summed E-state index contributed by atoms with van der Waals surface area (Å²) in [5.41, 5.74) is 1.22. The number of nitrogens with zero attached hydrogens (tertiary/aromatic N) is 3. The maximum Gasteiger partial charge on any atom is 0.416 e. The summed E-state index contributed by atoms with van der Waals surface area (Å²) in [7, 11) is 0. The summed E-state index contributed by atoms with van der Waals surface area (Å²) in [5, 5.41) is 0. The number of benzene rings is 1. The highest BCUT2D eigenvalue weighted by molar-refractivity contribution is 6.05. The van der Waals surface area contributed by atoms with Gasteiger partial charge in [-0.25, -0.2) is 4.98 Å². The molecule has 9 heteroatoms. The van der Waals surface area contributed by atoms with Crippen LogP contribution in [-0.2, 0) is 23.8 Å². The first-order valence-corrected chi connectivity index (χ1v) is 12.4. The number of carbonyl (C=O) groups is 1. The Morgan fingerprint density at radius 1 is 1.08 bits per heavy atom. The van der Waals surface area contributed by atoms with Crippen LogP contribution in [0.1, 0.15) is 56.2 Å². The third-order valence-corrected chi connectivity index (χ3v) is 5.86. The molecule has 1 amide bonds. The molecule has 0 aliphatic carbocycles. The van der Waals surface area contributed by atoms with Crippen molar-refractivity contribution < 1.29 is 26.8 Å². The van der Waals surface area contributed by atoms with Crippen molar-refractivity contribution in [1.29, 1.82) is 0 Å². The maximum absolute atomic E-state index is 13.1. The maximum atomic E-state index is 13.1. The Labute approximate surface area is 214 Å². The van der Waals surface area contributed by atoms with Crippen molar-refractivity contribution in [3.8, 4) is 11.3 Å². The minimum Gasteiger partial charge on any atom is -0.441 e. The zero-order valence-corrected chi connectivity index (χ0v) is 20.9. The van der Waals surface area contributed by atoms with Crippen LogP contribution >= 0.6 is 0 Å². The molecule has 3 aromatic rings. The van der Waals surface area contributed by atoms with Gasteiger partial charge in [-0.05, 0) is 49.9 Å². The number of oxazole rings is 1. The normalized spacial score (nSPS) is 11.5. The fraction of sp³-hybridized carbons (Fsp3) is 0.393. The molecule has 0 spiro atoms. The van der Waals surface area contributed by atoms with E-state index in [0.29, 0.717) is 55.3 Å². The topological polar surface area (TPSA) is 59.2 Å². The van der Waals surface area contributed by atoms with Crippen molar-refractivity contribution in [2.75, 3.05) is 18.1 Å². The number of aromatic nitrogens is 2. The molecule has 0 N–H and O–H groups in total. The second-order valence-electron chi connectivity index (χ2n) is 8.76. The average molecular weight is 518 g/mol. The smallest absolute Gasteiger partial charge is 0.416 e. The zero-order chi connectivity index (χ0) is 26.8. The second kappa shape index (κ2) is 13.2. The standard InChI is InChI=1S/C28H31F4N3O2/c1-3-8-26-34-19-25(37-26)21-9-7-11-24(17-21)35(27(36)20(2)12-14-29)16-6-4-5-10-23-18-22(13-15-33-23)28(30,31)32/h7,9,11,13,15,17-19H,2-6,8,10,12,14,16H2,1H3. The van der Waals surface area contributed by atoms with Gasteiger partial charge in [-0.3, -0.25) is 14.2 Å². The van der Waals surface area contributed by atoms with E-state index < -0.39 is 18.4 Å². The molecule has 0 fully saturated rings. The monoisotopic (exact) mass is 517 g/mol. The van der Waals surface area contributed by atoms with Crippen LogP contribution < -0.4 is 4.90 Å². The summed E-state index contributed by atoms with van der Waals surface area (Å²) in [6.45, 7) is 5.45. The number of hydrogen-bond donors (Lipinski definition) is 0. The minimum atomic E-state index is -4.40. The third kappa shape index (κ3) is 8.00. The van der Waals surface area contributed by atoms with E-state index in [1.54, 1.807) is 17.2 Å². The molecular weight excluding hydrogens is 486 g/mol. The number of alkyl halides is 4. The summed E-state index contributed by atoms with van der Waals surface area (Å²) in [6, 6.07) is 9.31. The van der Waals surface area contributed by atoms with E-state index in [0.717, 1.165) is 30.5 Å². The van der Waals surface area contributed by atoms with Gasteiger partial charge in [0.05, 0.1) is 18.4 Å². The number of hydrogen-bond acceptors (Lipinski definition) is 4. The van der Waals surface area contributed by atoms with Gasteiger partial charge in [-0.2, -0.15) is 13.2 Å². The number of carbonyl (C=O) groups excluding carboxylic acids is 1. The highest BCUT2D eigenvalue weighted by Gasteiger charge is 2.30. The fourth-order valence-electron chi connectivity index (χ4n) is 3.90. The Hall–Kier alpha value is -3.49. The third-order valence-electron chi connectivity index (χ3n) is 5.86. The predicted octanol–water partition coefficient (Wildman–Crippen LogP) is 7.37. The molecule has 2 aromatic heterocycles. The van der Waals surface area contributed by atoms with Gasteiger partial charge in [-0.1, -0.05) is 32.1 Å². The number of aryl methyl sites for hydroxylation is 2. The molecule has 0 atom stereocenters. The van der Waals surface area contributed by atoms with Gasteiger partial charge in [0.15, 0.2) is 11.7 Å². The van der Waals surface area contributed by atoms with Crippen molar-refractivity contribution >= 4 is 11.6 Å². The van der Waals surface area contributed by atoms with Crippen molar-refractivity contribution in [3.05, 3.63) is 78.1 Å². The van der Waals surface area contributed by atoms with Crippen LogP contribution in [0, 0.1) is 0 Å². The molecule has 3 rings (SSSR count). The SMILES string of the molecule is C=C(CCF)C(=O)N(CCCCCc1cc(C(F)(F)F)ccn1)c1cccc(-c2cnc(CCC)o2)c1. The molecule has 1 aromatic carbocycles. The van der Waals surface area contributed by atoms with Gasteiger partial charge in [-0.15, -0.1) is 0 Å². The number of rotatable bonds is 13. The summed E-state index contributed by atoms with van der Waals surface area (Å²) in [4.78, 5) is 23.0. The molecular formula is C28H31F4N3O2. The predicted molar refractivity (Wildman–Crippen MR) is 135 cm³/mol. The Bertz CT molecular complexity index is 1190. The molecule has 0 bridgehead atoms. The zero-order valence-electron chi connectivity index (χ0n) is 20.9. The lowest BCUT2D eigenvalue weighted by molar-refractivity contribution is -0.137. The van der Waals surface area contributed by atoms with E-state index in [1.165, 1.54) is 6.20 Å². The Balaban J connectivity index is 1.68. The van der Waals surface area contributed by atoms with Gasteiger partial charge in [0.1, 0.15) is 0 Å². The van der Waals surface area contributed by atoms with Crippen LogP contribution in [0.5, 0.6) is 0 Å². The van der Waals surface area contributed by atoms with Gasteiger partial charge >= 0.3 is 6.18 Å². The van der Waals surface area contributed by atoms with Crippen LogP contribution in [-0.4, -0.2) is 29.1 Å². The molecule has 2 heterocycles. The van der Waals surface area contributed by atoms with Crippen LogP contribution in [0.2, 0.25) is 0 Å². The first-order chi connectivity index (χ1) is 17.7. The van der Waals surface area contributed by atoms with E-state index in [1.807, 2.05) is 25.1 Å². The molecule has 0 saturated carbocycles. The first kappa shape index (κ1) is 28.1. The number of unbranched alkanes of at least 4 members (excludes halogenated alkanes) is 2. The minimum absolute atomic E-state index is 0.0568. The van der Waals surface area contributed by atoms with E-state index >= 15 is 0 Å². The molecule has 198 valence electrons. The summed E-state index contributed by atoms with van der Waals surface area (Å²) in [6.07, 6.45) is 2.26. The molecule has 0 radical (unpaired) electrons. The van der Waals surface area contributed by atoms with Crippen LogP contribution in [0.3, 0.4) is 0 Å². The molecule has 5 nitrogen and oxygen atoms in total. The molecule has 37 heavy (non-hydrogen) atoms. The lowest BCUT2D eigenvalue weighted by Crippen LogP contribution is -2.33. The lowest BCUT2D eigenvalue weighted by Gasteiger charge is -2.24. The van der Waals surface area contributed by atoms with E-state index in [2.05, 4.69) is 16.5 Å². The average Bonchev–Trinajstić information content (AvgIpc) is 3.35. The lowest BCUT2D eigenvalue weighted by atomic mass is 10.1. The van der Waals surface area contributed by atoms with Gasteiger partial charge in [0.25, 0.3) is 5.91 Å². The second-order valence-corrected chi connectivity index (χ2v) is 8.76. The number of amides is 1. The van der Waals surface area contributed by atoms with Gasteiger partial charge in [0.2, 0.25) is 0 Å². The number of pyridine rings is 1. The van der Waals surface area contributed by atoms with Crippen molar-refractivity contribution in [3.63, 3.8) is 0 Å². The summed E-state index contributed by atoms with van der Waals surface area (Å²) in [5.74, 6) is 0.870. The fourth-order valence-corrected chi connectivity index (χ4v) is 3.90. The Kier molecular flexibility index (Phi) is 10.00. The molecule has 0 aliphatic rings. The van der Waals surface area contributed by atoms with E-state index in [9.17, 15) is 22.4 Å². The largest absolute Gasteiger partial charge is 0.441 e. The quantitative estimate of drug-likeness (QED) is 0.135. The Morgan fingerprint density at radius 2 is 1.89 bits per heavy atom. The van der Waals surface area contributed by atoms with Gasteiger partial charge in [0, 0.05) is 48.1 Å². The molecule has 0 aliphatic heterocycles. The summed E-state index contributed by atoms with van der Waals surface area (Å²) < 4.78 is 57.5. The number of anilines is 1. The van der Waals surface area contributed by atoms with E-state index in [4.69, 9.17) is 4.42 Å². The van der Waals surface area contributed by atoms with E-state index in [-0.39, 0.29) is 17.9 Å². The molecule has 0 unspecified atom stereocenters. The van der Waals surface area contributed by atoms with Crippen LogP contribution in [0.15, 0.2) is 65.4 Å². The highest BCUT2D eigenvalue weighted by Crippen LogP contribution is 2.30. The van der Waals surface area contributed by atoms with Crippen LogP contribution in [0.4, 0.5) is 23.2 Å². The number of halogens is 4. The van der Waals surface area contributed by atoms with Gasteiger partial charge < -0.3 is 9.32 Å². The van der Waals surface area contributed by atoms with Crippen molar-refractivity contribution in [2.24, 2.45) is 0 Å².